The number of esters is 1. The van der Waals surface area contributed by atoms with Crippen LogP contribution in [0.2, 0.25) is 0 Å². The van der Waals surface area contributed by atoms with Crippen LogP contribution in [-0.4, -0.2) is 32.5 Å². The van der Waals surface area contributed by atoms with Gasteiger partial charge in [-0.1, -0.05) is 39.7 Å². The molecule has 2 rings (SSSR count). The minimum atomic E-state index is -3.28. The fourth-order valence-corrected chi connectivity index (χ4v) is 5.65. The number of unbranched alkanes of at least 4 members (excludes halogenated alkanes) is 3. The number of hydrogen-bond donors (Lipinski definition) is 0. The van der Waals surface area contributed by atoms with E-state index in [4.69, 9.17) is 4.74 Å². The molecule has 0 heterocycles. The van der Waals surface area contributed by atoms with E-state index in [2.05, 4.69) is 16.8 Å². The lowest BCUT2D eigenvalue weighted by molar-refractivity contribution is -0.137. The SMILES string of the molecule is C=CC(=O)OCCCCCCSc1ccc(/N=N/c2ccc(S(=O)(=O)CC(C)CC)cc2)cc1. The van der Waals surface area contributed by atoms with E-state index in [1.165, 1.54) is 11.0 Å². The van der Waals surface area contributed by atoms with Gasteiger partial charge in [-0.2, -0.15) is 10.2 Å². The summed E-state index contributed by atoms with van der Waals surface area (Å²) in [4.78, 5) is 12.4. The van der Waals surface area contributed by atoms with E-state index in [0.29, 0.717) is 17.2 Å². The topological polar surface area (TPSA) is 85.2 Å². The van der Waals surface area contributed by atoms with Gasteiger partial charge in [0.2, 0.25) is 0 Å². The van der Waals surface area contributed by atoms with Gasteiger partial charge in [-0.05, 0) is 73.0 Å². The highest BCUT2D eigenvalue weighted by molar-refractivity contribution is 7.99. The Morgan fingerprint density at radius 1 is 1.00 bits per heavy atom. The molecule has 0 bridgehead atoms. The van der Waals surface area contributed by atoms with Gasteiger partial charge in [-0.15, -0.1) is 11.8 Å². The van der Waals surface area contributed by atoms with Crippen molar-refractivity contribution in [1.29, 1.82) is 0 Å². The van der Waals surface area contributed by atoms with Gasteiger partial charge in [-0.3, -0.25) is 0 Å². The summed E-state index contributed by atoms with van der Waals surface area (Å²) in [6.45, 7) is 7.76. The van der Waals surface area contributed by atoms with Gasteiger partial charge < -0.3 is 4.74 Å². The quantitative estimate of drug-likeness (QED) is 0.0838. The number of sulfone groups is 1. The molecule has 0 aliphatic heterocycles. The van der Waals surface area contributed by atoms with Gasteiger partial charge in [0, 0.05) is 11.0 Å². The number of carbonyl (C=O) groups is 1. The Morgan fingerprint density at radius 2 is 1.59 bits per heavy atom. The number of hydrogen-bond acceptors (Lipinski definition) is 7. The predicted octanol–water partition coefficient (Wildman–Crippen LogP) is 7.30. The van der Waals surface area contributed by atoms with Crippen LogP contribution in [0, 0.1) is 5.92 Å². The fourth-order valence-electron chi connectivity index (χ4n) is 3.01. The maximum Gasteiger partial charge on any atom is 0.330 e. The highest BCUT2D eigenvalue weighted by Gasteiger charge is 2.17. The molecule has 0 aromatic heterocycles. The number of ether oxygens (including phenoxy) is 1. The maximum absolute atomic E-state index is 12.4. The third-order valence-corrected chi connectivity index (χ3v) is 8.33. The summed E-state index contributed by atoms with van der Waals surface area (Å²) in [6, 6.07) is 14.5. The summed E-state index contributed by atoms with van der Waals surface area (Å²) in [5.74, 6) is 0.951. The highest BCUT2D eigenvalue weighted by Crippen LogP contribution is 2.25. The van der Waals surface area contributed by atoms with Gasteiger partial charge in [0.05, 0.1) is 28.6 Å². The van der Waals surface area contributed by atoms with Crippen molar-refractivity contribution in [2.45, 2.75) is 55.7 Å². The summed E-state index contributed by atoms with van der Waals surface area (Å²) in [6.07, 6.45) is 6.13. The zero-order chi connectivity index (χ0) is 24.8. The predicted molar refractivity (Wildman–Crippen MR) is 139 cm³/mol. The number of benzene rings is 2. The smallest absolute Gasteiger partial charge is 0.330 e. The van der Waals surface area contributed by atoms with E-state index in [-0.39, 0.29) is 17.6 Å². The largest absolute Gasteiger partial charge is 0.463 e. The highest BCUT2D eigenvalue weighted by atomic mass is 32.2. The molecule has 0 aliphatic carbocycles. The molecule has 0 N–H and O–H groups in total. The Morgan fingerprint density at radius 3 is 2.18 bits per heavy atom. The average Bonchev–Trinajstić information content (AvgIpc) is 2.84. The second-order valence-electron chi connectivity index (χ2n) is 8.12. The van der Waals surface area contributed by atoms with E-state index < -0.39 is 9.84 Å². The lowest BCUT2D eigenvalue weighted by Crippen LogP contribution is -2.13. The maximum atomic E-state index is 12.4. The van der Waals surface area contributed by atoms with Crippen LogP contribution in [0.15, 0.2) is 81.2 Å². The number of carbonyl (C=O) groups excluding carboxylic acids is 1. The van der Waals surface area contributed by atoms with Crippen LogP contribution < -0.4 is 0 Å². The monoisotopic (exact) mass is 502 g/mol. The zero-order valence-electron chi connectivity index (χ0n) is 20.0. The first-order valence-electron chi connectivity index (χ1n) is 11.6. The Balaban J connectivity index is 1.74. The van der Waals surface area contributed by atoms with Crippen LogP contribution >= 0.6 is 11.8 Å². The Hall–Kier alpha value is -2.45. The second kappa shape index (κ2) is 14.7. The standard InChI is InChI=1S/C26H34N2O4S2/c1-4-21(3)20-34(30,31)25-16-12-23(13-17-25)28-27-22-10-14-24(15-11-22)33-19-9-7-6-8-18-32-26(29)5-2/h5,10-17,21H,2,4,6-9,18-20H2,1,3H3/b28-27+. The fraction of sp³-hybridized carbons (Fsp3) is 0.423. The Bertz CT molecular complexity index is 1030. The van der Waals surface area contributed by atoms with Crippen molar-refractivity contribution in [2.75, 3.05) is 18.1 Å². The molecule has 0 saturated heterocycles. The van der Waals surface area contributed by atoms with E-state index in [1.54, 1.807) is 36.0 Å². The van der Waals surface area contributed by atoms with Gasteiger partial charge in [0.1, 0.15) is 0 Å². The van der Waals surface area contributed by atoms with E-state index in [0.717, 1.165) is 43.5 Å². The van der Waals surface area contributed by atoms with Crippen LogP contribution in [-0.2, 0) is 19.4 Å². The molecule has 0 aliphatic rings. The van der Waals surface area contributed by atoms with Crippen molar-refractivity contribution in [3.63, 3.8) is 0 Å². The lowest BCUT2D eigenvalue weighted by Gasteiger charge is -2.09. The molecule has 0 radical (unpaired) electrons. The zero-order valence-corrected chi connectivity index (χ0v) is 21.6. The molecule has 2 aromatic rings. The van der Waals surface area contributed by atoms with Crippen molar-refractivity contribution in [1.82, 2.24) is 0 Å². The van der Waals surface area contributed by atoms with Crippen LogP contribution in [0.4, 0.5) is 11.4 Å². The molecule has 184 valence electrons. The third kappa shape index (κ3) is 10.2. The molecule has 0 saturated carbocycles. The third-order valence-electron chi connectivity index (χ3n) is 5.23. The van der Waals surface area contributed by atoms with Gasteiger partial charge in [0.15, 0.2) is 9.84 Å². The second-order valence-corrected chi connectivity index (χ2v) is 11.3. The molecule has 0 fully saturated rings. The average molecular weight is 503 g/mol. The molecule has 8 heteroatoms. The minimum absolute atomic E-state index is 0.131. The van der Waals surface area contributed by atoms with Crippen molar-refractivity contribution < 1.29 is 17.9 Å². The Labute approximate surface area is 207 Å². The van der Waals surface area contributed by atoms with E-state index in [9.17, 15) is 13.2 Å². The van der Waals surface area contributed by atoms with E-state index >= 15 is 0 Å². The molecule has 6 nitrogen and oxygen atoms in total. The summed E-state index contributed by atoms with van der Waals surface area (Å²) >= 11 is 1.80. The summed E-state index contributed by atoms with van der Waals surface area (Å²) in [5.41, 5.74) is 1.35. The number of thioether (sulfide) groups is 1. The Kier molecular flexibility index (Phi) is 12.0. The van der Waals surface area contributed by atoms with E-state index in [1.807, 2.05) is 38.1 Å². The van der Waals surface area contributed by atoms with Crippen molar-refractivity contribution >= 4 is 38.9 Å². The van der Waals surface area contributed by atoms with Crippen molar-refractivity contribution in [2.24, 2.45) is 16.1 Å². The van der Waals surface area contributed by atoms with Crippen LogP contribution in [0.5, 0.6) is 0 Å². The van der Waals surface area contributed by atoms with Crippen molar-refractivity contribution in [3.8, 4) is 0 Å². The molecule has 34 heavy (non-hydrogen) atoms. The number of rotatable bonds is 15. The molecule has 0 amide bonds. The summed E-state index contributed by atoms with van der Waals surface area (Å²) in [7, 11) is -3.28. The van der Waals surface area contributed by atoms with Gasteiger partial charge >= 0.3 is 5.97 Å². The molecule has 1 atom stereocenters. The molecular formula is C26H34N2O4S2. The van der Waals surface area contributed by atoms with Crippen LogP contribution in [0.1, 0.15) is 46.0 Å². The van der Waals surface area contributed by atoms with Crippen molar-refractivity contribution in [3.05, 3.63) is 61.2 Å². The summed E-state index contributed by atoms with van der Waals surface area (Å²) in [5, 5.41) is 8.47. The molecule has 0 spiro atoms. The van der Waals surface area contributed by atoms with Gasteiger partial charge in [-0.25, -0.2) is 13.2 Å². The molecular weight excluding hydrogens is 468 g/mol. The minimum Gasteiger partial charge on any atom is -0.463 e. The first kappa shape index (κ1) is 27.8. The first-order chi connectivity index (χ1) is 16.3. The number of azo groups is 1. The van der Waals surface area contributed by atoms with Gasteiger partial charge in [0.25, 0.3) is 0 Å². The summed E-state index contributed by atoms with van der Waals surface area (Å²) < 4.78 is 29.8. The number of nitrogens with zero attached hydrogens (tertiary/aromatic N) is 2. The first-order valence-corrected chi connectivity index (χ1v) is 14.2. The van der Waals surface area contributed by atoms with Crippen LogP contribution in [0.25, 0.3) is 0 Å². The molecule has 1 unspecified atom stereocenters. The van der Waals surface area contributed by atoms with Crippen LogP contribution in [0.3, 0.4) is 0 Å². The lowest BCUT2D eigenvalue weighted by atomic mass is 10.2. The normalized spacial score (nSPS) is 12.5. The molecule has 2 aromatic carbocycles.